The molecule has 0 unspecified atom stereocenters. The van der Waals surface area contributed by atoms with Crippen molar-refractivity contribution in [3.63, 3.8) is 0 Å². The maximum atomic E-state index is 10.6. The molecule has 0 saturated carbocycles. The Morgan fingerprint density at radius 2 is 2.38 bits per heavy atom. The molecule has 1 aliphatic heterocycles. The average Bonchev–Trinajstić information content (AvgIpc) is 2.58. The number of hydrogen-bond acceptors (Lipinski definition) is 5. The zero-order valence-corrected chi connectivity index (χ0v) is 9.22. The summed E-state index contributed by atoms with van der Waals surface area (Å²) in [6.07, 6.45) is 1.77. The molecule has 1 fully saturated rings. The van der Waals surface area contributed by atoms with E-state index in [0.29, 0.717) is 31.3 Å². The van der Waals surface area contributed by atoms with Gasteiger partial charge < -0.3 is 9.63 Å². The number of aromatic nitrogens is 2. The van der Waals surface area contributed by atoms with Gasteiger partial charge in [-0.15, -0.1) is 0 Å². The molecule has 6 heteroatoms. The zero-order valence-electron chi connectivity index (χ0n) is 9.22. The van der Waals surface area contributed by atoms with E-state index in [9.17, 15) is 4.79 Å². The summed E-state index contributed by atoms with van der Waals surface area (Å²) in [4.78, 5) is 16.8. The molecule has 0 spiro atoms. The van der Waals surface area contributed by atoms with Gasteiger partial charge in [0.05, 0.1) is 12.5 Å². The monoisotopic (exact) mass is 225 g/mol. The maximum Gasteiger partial charge on any atom is 0.309 e. The number of carbonyl (C=O) groups is 1. The van der Waals surface area contributed by atoms with Crippen LogP contribution in [0.25, 0.3) is 0 Å². The first-order valence-electron chi connectivity index (χ1n) is 5.45. The third kappa shape index (κ3) is 2.38. The van der Waals surface area contributed by atoms with Gasteiger partial charge in [0.15, 0.2) is 5.82 Å². The van der Waals surface area contributed by atoms with Crippen LogP contribution in [-0.4, -0.2) is 39.2 Å². The van der Waals surface area contributed by atoms with E-state index >= 15 is 0 Å². The number of rotatable bonds is 5. The highest BCUT2D eigenvalue weighted by Crippen LogP contribution is 2.17. The number of nitrogens with zero attached hydrogens (tertiary/aromatic N) is 3. The van der Waals surface area contributed by atoms with Crippen molar-refractivity contribution in [1.29, 1.82) is 0 Å². The van der Waals surface area contributed by atoms with E-state index in [0.717, 1.165) is 12.8 Å². The smallest absolute Gasteiger partial charge is 0.309 e. The number of likely N-dealkylation sites (tertiary alicyclic amines) is 1. The van der Waals surface area contributed by atoms with E-state index in [1.54, 1.807) is 0 Å². The second-order valence-electron chi connectivity index (χ2n) is 4.08. The van der Waals surface area contributed by atoms with Crippen molar-refractivity contribution in [3.8, 4) is 0 Å². The average molecular weight is 225 g/mol. The molecule has 1 aromatic rings. The third-order valence-corrected chi connectivity index (χ3v) is 2.65. The molecule has 0 radical (unpaired) electrons. The lowest BCUT2D eigenvalue weighted by Gasteiger charge is -2.35. The van der Waals surface area contributed by atoms with E-state index < -0.39 is 5.97 Å². The lowest BCUT2D eigenvalue weighted by Crippen LogP contribution is -2.49. The van der Waals surface area contributed by atoms with Gasteiger partial charge in [-0.25, -0.2) is 0 Å². The zero-order chi connectivity index (χ0) is 11.5. The largest absolute Gasteiger partial charge is 0.481 e. The Morgan fingerprint density at radius 1 is 1.62 bits per heavy atom. The molecule has 0 bridgehead atoms. The Morgan fingerprint density at radius 3 is 3.00 bits per heavy atom. The van der Waals surface area contributed by atoms with Crippen LogP contribution in [0.5, 0.6) is 0 Å². The Labute approximate surface area is 93.2 Å². The summed E-state index contributed by atoms with van der Waals surface area (Å²) in [6, 6.07) is 0. The van der Waals surface area contributed by atoms with E-state index in [4.69, 9.17) is 9.63 Å². The van der Waals surface area contributed by atoms with Crippen molar-refractivity contribution in [1.82, 2.24) is 15.0 Å². The van der Waals surface area contributed by atoms with Gasteiger partial charge >= 0.3 is 5.97 Å². The van der Waals surface area contributed by atoms with Crippen LogP contribution in [0.2, 0.25) is 0 Å². The Hall–Kier alpha value is -1.43. The highest BCUT2D eigenvalue weighted by atomic mass is 16.5. The Bertz CT molecular complexity index is 371. The van der Waals surface area contributed by atoms with E-state index in [1.165, 1.54) is 0 Å². The standard InChI is InChI=1S/C10H15N3O3/c1-2-3-9-11-8(12-16-9)6-13-4-7(5-13)10(14)15/h7H,2-6H2,1H3,(H,14,15). The molecule has 2 heterocycles. The Balaban J connectivity index is 1.80. The topological polar surface area (TPSA) is 79.5 Å². The minimum absolute atomic E-state index is 0.234. The molecule has 1 saturated heterocycles. The molecule has 1 aliphatic rings. The van der Waals surface area contributed by atoms with E-state index in [1.807, 2.05) is 4.90 Å². The van der Waals surface area contributed by atoms with Gasteiger partial charge in [0.1, 0.15) is 0 Å². The summed E-state index contributed by atoms with van der Waals surface area (Å²) in [5.74, 6) is 0.346. The van der Waals surface area contributed by atoms with Crippen molar-refractivity contribution in [3.05, 3.63) is 11.7 Å². The van der Waals surface area contributed by atoms with Gasteiger partial charge in [-0.1, -0.05) is 12.1 Å². The van der Waals surface area contributed by atoms with Gasteiger partial charge in [0.2, 0.25) is 5.89 Å². The molecule has 2 rings (SSSR count). The molecule has 0 amide bonds. The van der Waals surface area contributed by atoms with Crippen LogP contribution in [0.3, 0.4) is 0 Å². The number of aryl methyl sites for hydroxylation is 1. The number of carboxylic acid groups (broad SMARTS) is 1. The van der Waals surface area contributed by atoms with Crippen molar-refractivity contribution in [2.24, 2.45) is 5.92 Å². The first kappa shape index (κ1) is 11.1. The van der Waals surface area contributed by atoms with Crippen LogP contribution in [0.15, 0.2) is 4.52 Å². The van der Waals surface area contributed by atoms with Crippen LogP contribution < -0.4 is 0 Å². The molecule has 6 nitrogen and oxygen atoms in total. The quantitative estimate of drug-likeness (QED) is 0.787. The predicted octanol–water partition coefficient (Wildman–Crippen LogP) is 0.538. The van der Waals surface area contributed by atoms with Crippen molar-refractivity contribution >= 4 is 5.97 Å². The van der Waals surface area contributed by atoms with Gasteiger partial charge in [0.25, 0.3) is 0 Å². The number of hydrogen-bond donors (Lipinski definition) is 1. The van der Waals surface area contributed by atoms with E-state index in [2.05, 4.69) is 17.1 Å². The normalized spacial score (nSPS) is 17.3. The van der Waals surface area contributed by atoms with Gasteiger partial charge in [0, 0.05) is 19.5 Å². The van der Waals surface area contributed by atoms with Gasteiger partial charge in [-0.3, -0.25) is 9.69 Å². The van der Waals surface area contributed by atoms with Crippen LogP contribution >= 0.6 is 0 Å². The molecule has 1 aromatic heterocycles. The molecule has 1 N–H and O–H groups in total. The second-order valence-corrected chi connectivity index (χ2v) is 4.08. The summed E-state index contributed by atoms with van der Waals surface area (Å²) in [7, 11) is 0. The minimum atomic E-state index is -0.726. The van der Waals surface area contributed by atoms with E-state index in [-0.39, 0.29) is 5.92 Å². The van der Waals surface area contributed by atoms with Crippen LogP contribution in [-0.2, 0) is 17.8 Å². The van der Waals surface area contributed by atoms with Crippen molar-refractivity contribution in [2.45, 2.75) is 26.3 Å². The lowest BCUT2D eigenvalue weighted by molar-refractivity contribution is -0.147. The summed E-state index contributed by atoms with van der Waals surface area (Å²) >= 11 is 0. The summed E-state index contributed by atoms with van der Waals surface area (Å²) in [5, 5.41) is 12.6. The van der Waals surface area contributed by atoms with Crippen LogP contribution in [0.4, 0.5) is 0 Å². The van der Waals surface area contributed by atoms with Crippen molar-refractivity contribution in [2.75, 3.05) is 13.1 Å². The first-order valence-corrected chi connectivity index (χ1v) is 5.45. The molecular formula is C10H15N3O3. The fourth-order valence-corrected chi connectivity index (χ4v) is 1.72. The lowest BCUT2D eigenvalue weighted by atomic mass is 10.0. The summed E-state index contributed by atoms with van der Waals surface area (Å²) in [5.41, 5.74) is 0. The highest BCUT2D eigenvalue weighted by Gasteiger charge is 2.32. The fraction of sp³-hybridized carbons (Fsp3) is 0.700. The molecule has 16 heavy (non-hydrogen) atoms. The minimum Gasteiger partial charge on any atom is -0.481 e. The second kappa shape index (κ2) is 4.61. The fourth-order valence-electron chi connectivity index (χ4n) is 1.72. The van der Waals surface area contributed by atoms with Gasteiger partial charge in [-0.2, -0.15) is 4.98 Å². The number of aliphatic carboxylic acids is 1. The summed E-state index contributed by atoms with van der Waals surface area (Å²) in [6.45, 7) is 3.79. The summed E-state index contributed by atoms with van der Waals surface area (Å²) < 4.78 is 5.04. The number of carboxylic acids is 1. The molecular weight excluding hydrogens is 210 g/mol. The maximum absolute atomic E-state index is 10.6. The van der Waals surface area contributed by atoms with Crippen LogP contribution in [0.1, 0.15) is 25.1 Å². The first-order chi connectivity index (χ1) is 7.69. The van der Waals surface area contributed by atoms with Gasteiger partial charge in [-0.05, 0) is 6.42 Å². The van der Waals surface area contributed by atoms with Crippen molar-refractivity contribution < 1.29 is 14.4 Å². The SMILES string of the molecule is CCCc1nc(CN2CC(C(=O)O)C2)no1. The third-order valence-electron chi connectivity index (χ3n) is 2.65. The predicted molar refractivity (Wildman–Crippen MR) is 54.7 cm³/mol. The molecule has 0 aromatic carbocycles. The van der Waals surface area contributed by atoms with Crippen LogP contribution in [0, 0.1) is 5.92 Å². The Kier molecular flexibility index (Phi) is 3.19. The molecule has 0 aliphatic carbocycles. The highest BCUT2D eigenvalue weighted by molar-refractivity contribution is 5.71. The molecule has 88 valence electrons. The molecule has 0 atom stereocenters.